The van der Waals surface area contributed by atoms with Gasteiger partial charge in [0.15, 0.2) is 0 Å². The summed E-state index contributed by atoms with van der Waals surface area (Å²) in [7, 11) is 0. The number of hydrogen-bond donors (Lipinski definition) is 0. The third-order valence-corrected chi connectivity index (χ3v) is 2.27. The number of carbonyl (C=O) groups is 1. The predicted molar refractivity (Wildman–Crippen MR) is 78.7 cm³/mol. The van der Waals surface area contributed by atoms with Crippen molar-refractivity contribution in [3.63, 3.8) is 0 Å². The summed E-state index contributed by atoms with van der Waals surface area (Å²) in [5.74, 6) is -0.373. The summed E-state index contributed by atoms with van der Waals surface area (Å²) in [5, 5.41) is 0. The molecular weight excluding hydrogens is 226 g/mol. The molecule has 0 atom stereocenters. The normalized spacial score (nSPS) is 11.3. The molecule has 3 nitrogen and oxygen atoms in total. The van der Waals surface area contributed by atoms with Gasteiger partial charge in [-0.3, -0.25) is 4.90 Å². The number of rotatable bonds is 4. The van der Waals surface area contributed by atoms with Crippen molar-refractivity contribution >= 4 is 5.97 Å². The first-order valence-corrected chi connectivity index (χ1v) is 6.66. The first-order valence-electron chi connectivity index (χ1n) is 6.66. The topological polar surface area (TPSA) is 29.5 Å². The summed E-state index contributed by atoms with van der Waals surface area (Å²) in [6, 6.07) is 1.38. The smallest absolute Gasteiger partial charge is 0.330 e. The molecule has 0 aromatic carbocycles. The van der Waals surface area contributed by atoms with Crippen molar-refractivity contribution in [2.75, 3.05) is 6.54 Å². The van der Waals surface area contributed by atoms with Crippen molar-refractivity contribution in [2.24, 2.45) is 0 Å². The highest BCUT2D eigenvalue weighted by Crippen LogP contribution is 2.06. The largest absolute Gasteiger partial charge is 0.457 e. The standard InChI is InChI=1S/C8H19N.C7H12O2/c1-6-9(7(2)3)8(4)5;1-5-6(8)9-7(2,3)4/h7-8H,6H2,1-5H3;5H,1H2,2-4H3. The summed E-state index contributed by atoms with van der Waals surface area (Å²) in [5.41, 5.74) is -0.398. The Hall–Kier alpha value is -0.830. The lowest BCUT2D eigenvalue weighted by Gasteiger charge is -2.28. The first kappa shape index (κ1) is 19.5. The van der Waals surface area contributed by atoms with Crippen LogP contribution in [-0.4, -0.2) is 35.1 Å². The third-order valence-electron chi connectivity index (χ3n) is 2.27. The summed E-state index contributed by atoms with van der Waals surface area (Å²) in [6.45, 7) is 21.0. The molecule has 0 heterocycles. The molecule has 0 bridgehead atoms. The summed E-state index contributed by atoms with van der Waals surface area (Å²) in [4.78, 5) is 12.9. The number of ether oxygens (including phenoxy) is 1. The Morgan fingerprint density at radius 1 is 1.22 bits per heavy atom. The minimum atomic E-state index is -0.398. The molecular formula is C15H31NO2. The average molecular weight is 257 g/mol. The Kier molecular flexibility index (Phi) is 9.91. The van der Waals surface area contributed by atoms with Crippen molar-refractivity contribution in [2.45, 2.75) is 73.1 Å². The highest BCUT2D eigenvalue weighted by molar-refractivity contribution is 5.81. The fourth-order valence-corrected chi connectivity index (χ4v) is 1.67. The maximum atomic E-state index is 10.5. The zero-order valence-corrected chi connectivity index (χ0v) is 13.4. The van der Waals surface area contributed by atoms with Gasteiger partial charge in [0.1, 0.15) is 5.60 Å². The van der Waals surface area contributed by atoms with Crippen LogP contribution in [0, 0.1) is 0 Å². The van der Waals surface area contributed by atoms with Gasteiger partial charge in [-0.2, -0.15) is 0 Å². The molecule has 0 aliphatic rings. The van der Waals surface area contributed by atoms with Gasteiger partial charge in [0.25, 0.3) is 0 Å². The van der Waals surface area contributed by atoms with Gasteiger partial charge in [-0.05, 0) is 55.0 Å². The Morgan fingerprint density at radius 3 is 1.67 bits per heavy atom. The SMILES string of the molecule is C=CC(=O)OC(C)(C)C.CCN(C(C)C)C(C)C. The van der Waals surface area contributed by atoms with Crippen LogP contribution in [0.2, 0.25) is 0 Å². The fraction of sp³-hybridized carbons (Fsp3) is 0.800. The molecule has 0 rings (SSSR count). The van der Waals surface area contributed by atoms with E-state index in [0.717, 1.165) is 12.6 Å². The molecule has 0 aliphatic heterocycles. The minimum Gasteiger partial charge on any atom is -0.457 e. The highest BCUT2D eigenvalue weighted by atomic mass is 16.6. The zero-order valence-electron chi connectivity index (χ0n) is 13.4. The van der Waals surface area contributed by atoms with Gasteiger partial charge < -0.3 is 4.74 Å². The van der Waals surface area contributed by atoms with Gasteiger partial charge >= 0.3 is 5.97 Å². The van der Waals surface area contributed by atoms with Crippen LogP contribution >= 0.6 is 0 Å². The van der Waals surface area contributed by atoms with Crippen molar-refractivity contribution in [1.82, 2.24) is 4.90 Å². The second kappa shape index (κ2) is 9.15. The summed E-state index contributed by atoms with van der Waals surface area (Å²) < 4.78 is 4.83. The van der Waals surface area contributed by atoms with Crippen LogP contribution in [0.4, 0.5) is 0 Å². The van der Waals surface area contributed by atoms with Crippen LogP contribution in [0.25, 0.3) is 0 Å². The van der Waals surface area contributed by atoms with E-state index in [2.05, 4.69) is 46.1 Å². The molecule has 0 aromatic heterocycles. The monoisotopic (exact) mass is 257 g/mol. The summed E-state index contributed by atoms with van der Waals surface area (Å²) in [6.07, 6.45) is 1.16. The van der Waals surface area contributed by atoms with E-state index in [4.69, 9.17) is 4.74 Å². The lowest BCUT2D eigenvalue weighted by atomic mass is 10.2. The van der Waals surface area contributed by atoms with Gasteiger partial charge in [-0.1, -0.05) is 13.5 Å². The van der Waals surface area contributed by atoms with Crippen LogP contribution in [0.3, 0.4) is 0 Å². The molecule has 0 fully saturated rings. The zero-order chi connectivity index (χ0) is 14.9. The van der Waals surface area contributed by atoms with E-state index in [0.29, 0.717) is 12.1 Å². The minimum absolute atomic E-state index is 0.373. The molecule has 0 radical (unpaired) electrons. The first-order chi connectivity index (χ1) is 8.05. The van der Waals surface area contributed by atoms with Gasteiger partial charge in [0.05, 0.1) is 0 Å². The van der Waals surface area contributed by atoms with Crippen LogP contribution in [0.1, 0.15) is 55.4 Å². The van der Waals surface area contributed by atoms with E-state index < -0.39 is 5.60 Å². The molecule has 0 aliphatic carbocycles. The molecule has 18 heavy (non-hydrogen) atoms. The average Bonchev–Trinajstić information content (AvgIpc) is 2.15. The van der Waals surface area contributed by atoms with Crippen LogP contribution < -0.4 is 0 Å². The second-order valence-electron chi connectivity index (χ2n) is 5.76. The number of hydrogen-bond acceptors (Lipinski definition) is 3. The lowest BCUT2D eigenvalue weighted by molar-refractivity contribution is -0.148. The second-order valence-corrected chi connectivity index (χ2v) is 5.76. The predicted octanol–water partition coefficient (Wildman–Crippen LogP) is 3.64. The number of carbonyl (C=O) groups excluding carboxylic acids is 1. The Balaban J connectivity index is 0. The van der Waals surface area contributed by atoms with E-state index >= 15 is 0 Å². The Bertz CT molecular complexity index is 231. The van der Waals surface area contributed by atoms with E-state index in [1.165, 1.54) is 0 Å². The van der Waals surface area contributed by atoms with Gasteiger partial charge in [-0.25, -0.2) is 4.79 Å². The number of nitrogens with zero attached hydrogens (tertiary/aromatic N) is 1. The summed E-state index contributed by atoms with van der Waals surface area (Å²) >= 11 is 0. The third kappa shape index (κ3) is 11.6. The molecule has 0 unspecified atom stereocenters. The fourth-order valence-electron chi connectivity index (χ4n) is 1.67. The van der Waals surface area contributed by atoms with Crippen molar-refractivity contribution < 1.29 is 9.53 Å². The maximum absolute atomic E-state index is 10.5. The van der Waals surface area contributed by atoms with E-state index in [9.17, 15) is 4.79 Å². The molecule has 0 saturated carbocycles. The van der Waals surface area contributed by atoms with E-state index in [-0.39, 0.29) is 5.97 Å². The van der Waals surface area contributed by atoms with Crippen molar-refractivity contribution in [1.29, 1.82) is 0 Å². The van der Waals surface area contributed by atoms with E-state index in [1.54, 1.807) is 0 Å². The molecule has 0 spiro atoms. The Labute approximate surface area is 113 Å². The lowest BCUT2D eigenvalue weighted by Crippen LogP contribution is -2.36. The molecule has 108 valence electrons. The molecule has 0 aromatic rings. The van der Waals surface area contributed by atoms with Crippen molar-refractivity contribution in [3.8, 4) is 0 Å². The van der Waals surface area contributed by atoms with Crippen molar-refractivity contribution in [3.05, 3.63) is 12.7 Å². The van der Waals surface area contributed by atoms with Crippen LogP contribution in [0.5, 0.6) is 0 Å². The van der Waals surface area contributed by atoms with Gasteiger partial charge in [0, 0.05) is 18.2 Å². The molecule has 0 amide bonds. The molecule has 0 saturated heterocycles. The quantitative estimate of drug-likeness (QED) is 0.569. The Morgan fingerprint density at radius 2 is 1.61 bits per heavy atom. The van der Waals surface area contributed by atoms with Gasteiger partial charge in [-0.15, -0.1) is 0 Å². The van der Waals surface area contributed by atoms with Crippen LogP contribution in [0.15, 0.2) is 12.7 Å². The highest BCUT2D eigenvalue weighted by Gasteiger charge is 2.12. The number of esters is 1. The van der Waals surface area contributed by atoms with Gasteiger partial charge in [0.2, 0.25) is 0 Å². The van der Waals surface area contributed by atoms with E-state index in [1.807, 2.05) is 20.8 Å². The van der Waals surface area contributed by atoms with Crippen LogP contribution in [-0.2, 0) is 9.53 Å². The molecule has 3 heteroatoms. The maximum Gasteiger partial charge on any atom is 0.330 e. The molecule has 0 N–H and O–H groups in total.